The van der Waals surface area contributed by atoms with Crippen molar-refractivity contribution in [1.29, 1.82) is 0 Å². The lowest BCUT2D eigenvalue weighted by Gasteiger charge is -2.14. The fourth-order valence-electron chi connectivity index (χ4n) is 2.59. The molecule has 0 N–H and O–H groups in total. The number of carbonyl (C=O) groups is 1. The molecule has 0 aromatic heterocycles. The van der Waals surface area contributed by atoms with Crippen molar-refractivity contribution >= 4 is 18.9 Å². The van der Waals surface area contributed by atoms with Crippen molar-refractivity contribution < 1.29 is 18.8 Å². The molecule has 2 rings (SSSR count). The van der Waals surface area contributed by atoms with E-state index in [4.69, 9.17) is 9.47 Å². The molecule has 0 saturated heterocycles. The molecule has 0 aliphatic rings. The van der Waals surface area contributed by atoms with E-state index in [1.807, 2.05) is 6.07 Å². The molecule has 0 bridgehead atoms. The van der Waals surface area contributed by atoms with Gasteiger partial charge in [0.2, 0.25) is 5.78 Å². The molecule has 0 aliphatic carbocycles. The highest BCUT2D eigenvalue weighted by atomic mass is 31.1. The van der Waals surface area contributed by atoms with Crippen molar-refractivity contribution in [3.05, 3.63) is 53.6 Å². The number of carbonyl (C=O) groups excluding carboxylic acids is 1. The number of methoxy groups -OCH3 is 2. The van der Waals surface area contributed by atoms with Crippen molar-refractivity contribution in [3.8, 4) is 11.5 Å². The predicted octanol–water partition coefficient (Wildman–Crippen LogP) is 4.43. The molecule has 5 heteroatoms. The normalized spacial score (nSPS) is 11.3. The van der Waals surface area contributed by atoms with Crippen molar-refractivity contribution in [2.24, 2.45) is 5.92 Å². The number of ketones is 1. The first-order valence-corrected chi connectivity index (χ1v) is 9.73. The maximum Gasteiger partial charge on any atom is 0.201 e. The second-order valence-corrected chi connectivity index (χ2v) is 7.85. The van der Waals surface area contributed by atoms with Gasteiger partial charge in [0.05, 0.1) is 14.2 Å². The van der Waals surface area contributed by atoms with Gasteiger partial charge in [-0.25, -0.2) is 0 Å². The predicted molar refractivity (Wildman–Crippen MR) is 101 cm³/mol. The minimum atomic E-state index is -1.63. The maximum atomic E-state index is 13.2. The molecular weight excluding hydrogens is 335 g/mol. The number of rotatable bonds is 8. The van der Waals surface area contributed by atoms with Crippen molar-refractivity contribution in [2.45, 2.75) is 20.3 Å². The first kappa shape index (κ1) is 19.1. The molecule has 133 valence electrons. The van der Waals surface area contributed by atoms with E-state index in [-0.39, 0.29) is 5.78 Å². The van der Waals surface area contributed by atoms with E-state index in [0.717, 1.165) is 6.42 Å². The highest BCUT2D eigenvalue weighted by Crippen LogP contribution is 2.32. The van der Waals surface area contributed by atoms with Gasteiger partial charge in [-0.05, 0) is 36.6 Å². The van der Waals surface area contributed by atoms with Crippen LogP contribution in [0.3, 0.4) is 0 Å². The first-order chi connectivity index (χ1) is 12.0. The smallest absolute Gasteiger partial charge is 0.201 e. The lowest BCUT2D eigenvalue weighted by atomic mass is 10.0. The zero-order valence-electron chi connectivity index (χ0n) is 15.1. The SMILES string of the molecule is COc1cccc(OC)c1C(=O)c1ccccc1[P](=O)CCC(C)C. The molecule has 2 aromatic rings. The molecule has 2 aromatic carbocycles. The first-order valence-electron chi connectivity index (χ1n) is 8.29. The second kappa shape index (κ2) is 8.77. The largest absolute Gasteiger partial charge is 0.496 e. The Morgan fingerprint density at radius 1 is 1.00 bits per heavy atom. The molecule has 0 spiro atoms. The minimum Gasteiger partial charge on any atom is -0.496 e. The topological polar surface area (TPSA) is 52.6 Å². The summed E-state index contributed by atoms with van der Waals surface area (Å²) in [6.07, 6.45) is 1.43. The van der Waals surface area contributed by atoms with Gasteiger partial charge in [0.25, 0.3) is 0 Å². The summed E-state index contributed by atoms with van der Waals surface area (Å²) in [6, 6.07) is 12.3. The third-order valence-corrected chi connectivity index (χ3v) is 5.57. The molecule has 0 fully saturated rings. The lowest BCUT2D eigenvalue weighted by Crippen LogP contribution is -2.16. The Morgan fingerprint density at radius 2 is 1.60 bits per heavy atom. The Balaban J connectivity index is 2.46. The molecule has 0 heterocycles. The van der Waals surface area contributed by atoms with Gasteiger partial charge in [-0.15, -0.1) is 0 Å². The van der Waals surface area contributed by atoms with Crippen LogP contribution in [0.1, 0.15) is 36.2 Å². The Kier molecular flexibility index (Phi) is 6.72. The summed E-state index contributed by atoms with van der Waals surface area (Å²) in [7, 11) is 1.40. The standard InChI is InChI=1S/C20H24O4P/c1-14(2)12-13-25(22)18-11-6-5-8-15(18)20(21)19-16(23-3)9-7-10-17(19)24-4/h5-11,14H,12-13H2,1-4H3. The van der Waals surface area contributed by atoms with E-state index in [0.29, 0.717) is 40.0 Å². The summed E-state index contributed by atoms with van der Waals surface area (Å²) < 4.78 is 23.4. The molecule has 0 amide bonds. The monoisotopic (exact) mass is 359 g/mol. The van der Waals surface area contributed by atoms with E-state index in [1.54, 1.807) is 36.4 Å². The zero-order valence-corrected chi connectivity index (χ0v) is 16.0. The summed E-state index contributed by atoms with van der Waals surface area (Å²) in [6.45, 7) is 4.19. The van der Waals surface area contributed by atoms with Crippen LogP contribution >= 0.6 is 7.80 Å². The summed E-state index contributed by atoms with van der Waals surface area (Å²) in [5.41, 5.74) is 0.794. The summed E-state index contributed by atoms with van der Waals surface area (Å²) in [4.78, 5) is 13.2. The molecule has 1 unspecified atom stereocenters. The lowest BCUT2D eigenvalue weighted by molar-refractivity contribution is 0.103. The van der Waals surface area contributed by atoms with E-state index >= 15 is 0 Å². The van der Waals surface area contributed by atoms with Crippen molar-refractivity contribution in [2.75, 3.05) is 20.4 Å². The molecule has 1 radical (unpaired) electrons. The van der Waals surface area contributed by atoms with Gasteiger partial charge >= 0.3 is 0 Å². The average Bonchev–Trinajstić information content (AvgIpc) is 2.64. The van der Waals surface area contributed by atoms with Gasteiger partial charge in [-0.3, -0.25) is 9.36 Å². The van der Waals surface area contributed by atoms with Gasteiger partial charge in [0.15, 0.2) is 0 Å². The number of hydrogen-bond acceptors (Lipinski definition) is 4. The van der Waals surface area contributed by atoms with Crippen LogP contribution in [0.5, 0.6) is 11.5 Å². The molecular formula is C20H24O4P. The molecule has 0 aliphatic heterocycles. The van der Waals surface area contributed by atoms with Gasteiger partial charge in [0, 0.05) is 17.0 Å². The van der Waals surface area contributed by atoms with Crippen LogP contribution < -0.4 is 14.8 Å². The Labute approximate surface area is 150 Å². The molecule has 1 atom stereocenters. The number of benzene rings is 2. The molecule has 4 nitrogen and oxygen atoms in total. The Morgan fingerprint density at radius 3 is 2.16 bits per heavy atom. The highest BCUT2D eigenvalue weighted by molar-refractivity contribution is 7.53. The van der Waals surface area contributed by atoms with Crippen LogP contribution in [0.2, 0.25) is 0 Å². The highest BCUT2D eigenvalue weighted by Gasteiger charge is 2.23. The van der Waals surface area contributed by atoms with E-state index in [9.17, 15) is 9.36 Å². The van der Waals surface area contributed by atoms with Crippen LogP contribution in [0.25, 0.3) is 0 Å². The van der Waals surface area contributed by atoms with Gasteiger partial charge in [-0.1, -0.05) is 32.0 Å². The van der Waals surface area contributed by atoms with Gasteiger partial charge in [-0.2, -0.15) is 0 Å². The number of hydrogen-bond donors (Lipinski definition) is 0. The summed E-state index contributed by atoms with van der Waals surface area (Å²) in [5, 5.41) is 0.594. The van der Waals surface area contributed by atoms with Gasteiger partial charge in [0.1, 0.15) is 24.9 Å². The van der Waals surface area contributed by atoms with Crippen molar-refractivity contribution in [1.82, 2.24) is 0 Å². The quantitative estimate of drug-likeness (QED) is 0.517. The zero-order chi connectivity index (χ0) is 18.4. The Bertz CT molecular complexity index is 746. The van der Waals surface area contributed by atoms with E-state index in [1.165, 1.54) is 14.2 Å². The van der Waals surface area contributed by atoms with E-state index in [2.05, 4.69) is 13.8 Å². The van der Waals surface area contributed by atoms with Crippen LogP contribution in [0, 0.1) is 5.92 Å². The summed E-state index contributed by atoms with van der Waals surface area (Å²) >= 11 is 0. The average molecular weight is 359 g/mol. The molecule has 25 heavy (non-hydrogen) atoms. The second-order valence-electron chi connectivity index (χ2n) is 6.17. The fourth-order valence-corrected chi connectivity index (χ4v) is 4.28. The third kappa shape index (κ3) is 4.46. The van der Waals surface area contributed by atoms with Crippen molar-refractivity contribution in [3.63, 3.8) is 0 Å². The fraction of sp³-hybridized carbons (Fsp3) is 0.350. The van der Waals surface area contributed by atoms with Crippen LogP contribution in [-0.4, -0.2) is 26.2 Å². The Hall–Kier alpha value is -2.19. The third-order valence-electron chi connectivity index (χ3n) is 3.98. The van der Waals surface area contributed by atoms with Gasteiger partial charge < -0.3 is 9.47 Å². The van der Waals surface area contributed by atoms with Crippen LogP contribution in [-0.2, 0) is 4.57 Å². The minimum absolute atomic E-state index is 0.238. The maximum absolute atomic E-state index is 13.2. The van der Waals surface area contributed by atoms with Crippen LogP contribution in [0.4, 0.5) is 0 Å². The molecule has 0 saturated carbocycles. The van der Waals surface area contributed by atoms with E-state index < -0.39 is 7.80 Å². The summed E-state index contributed by atoms with van der Waals surface area (Å²) in [5.74, 6) is 1.11. The number of ether oxygens (including phenoxy) is 2. The van der Waals surface area contributed by atoms with Crippen LogP contribution in [0.15, 0.2) is 42.5 Å².